The number of aromatic hydroxyl groups is 2. The Balaban J connectivity index is 0.000000147. The zero-order valence-electron chi connectivity index (χ0n) is 10.7. The molecule has 0 saturated heterocycles. The number of nitrogens with one attached hydrogen (secondary N) is 2. The summed E-state index contributed by atoms with van der Waals surface area (Å²) in [5.41, 5.74) is 2.03. The fraction of sp³-hybridized carbons (Fsp3) is 0.0588. The monoisotopic (exact) mass is 282 g/mol. The molecule has 0 atom stereocenters. The molecule has 0 aliphatic rings. The van der Waals surface area contributed by atoms with Crippen molar-refractivity contribution in [2.45, 2.75) is 7.43 Å². The number of aromatic amines is 2. The van der Waals surface area contributed by atoms with Crippen LogP contribution in [0.25, 0.3) is 21.8 Å². The molecule has 4 N–H and O–H groups in total. The maximum atomic E-state index is 9.03. The van der Waals surface area contributed by atoms with Crippen LogP contribution >= 0.6 is 0 Å². The highest BCUT2D eigenvalue weighted by molar-refractivity contribution is 5.81. The van der Waals surface area contributed by atoms with Crippen LogP contribution in [0.5, 0.6) is 11.5 Å². The highest BCUT2D eigenvalue weighted by Crippen LogP contribution is 2.18. The van der Waals surface area contributed by atoms with Crippen molar-refractivity contribution in [1.82, 2.24) is 9.97 Å². The van der Waals surface area contributed by atoms with Gasteiger partial charge < -0.3 is 20.2 Å². The predicted molar refractivity (Wildman–Crippen MR) is 86.7 cm³/mol. The minimum absolute atomic E-state index is 0. The number of rotatable bonds is 0. The molecule has 0 unspecified atom stereocenters. The van der Waals surface area contributed by atoms with Crippen molar-refractivity contribution >= 4 is 21.8 Å². The SMILES string of the molecule is C.Oc1ccc2[nH]ccc2c1.Oc1ccc2cc[nH]c2c1. The van der Waals surface area contributed by atoms with E-state index in [0.717, 1.165) is 21.8 Å². The summed E-state index contributed by atoms with van der Waals surface area (Å²) in [5.74, 6) is 0.613. The van der Waals surface area contributed by atoms with Crippen LogP contribution in [-0.4, -0.2) is 20.2 Å². The van der Waals surface area contributed by atoms with Crippen molar-refractivity contribution in [1.29, 1.82) is 0 Å². The second-order valence-corrected chi connectivity index (χ2v) is 4.50. The number of hydrogen-bond acceptors (Lipinski definition) is 2. The third-order valence-corrected chi connectivity index (χ3v) is 3.08. The Morgan fingerprint density at radius 3 is 2.05 bits per heavy atom. The zero-order chi connectivity index (χ0) is 13.9. The molecule has 4 heteroatoms. The minimum Gasteiger partial charge on any atom is -0.508 e. The molecule has 0 amide bonds. The van der Waals surface area contributed by atoms with Crippen molar-refractivity contribution < 1.29 is 10.2 Å². The standard InChI is InChI=1S/2C8H7NO.CH4/c10-7-1-2-8-6(5-7)3-4-9-8;10-7-2-1-6-3-4-9-8(6)5-7;/h2*1-5,9-10H;1H4. The molecular formula is C17H18N2O2. The van der Waals surface area contributed by atoms with E-state index < -0.39 is 0 Å². The second-order valence-electron chi connectivity index (χ2n) is 4.50. The van der Waals surface area contributed by atoms with Crippen molar-refractivity contribution in [3.8, 4) is 11.5 Å². The molecule has 21 heavy (non-hydrogen) atoms. The van der Waals surface area contributed by atoms with Crippen LogP contribution in [0.1, 0.15) is 7.43 Å². The van der Waals surface area contributed by atoms with Gasteiger partial charge in [-0.3, -0.25) is 0 Å². The van der Waals surface area contributed by atoms with Gasteiger partial charge in [-0.1, -0.05) is 7.43 Å². The van der Waals surface area contributed by atoms with Crippen LogP contribution in [0, 0.1) is 0 Å². The number of benzene rings is 2. The van der Waals surface area contributed by atoms with Crippen molar-refractivity contribution in [3.05, 3.63) is 60.9 Å². The summed E-state index contributed by atoms with van der Waals surface area (Å²) in [4.78, 5) is 6.04. The topological polar surface area (TPSA) is 72.0 Å². The van der Waals surface area contributed by atoms with Gasteiger partial charge in [0.15, 0.2) is 0 Å². The van der Waals surface area contributed by atoms with Crippen LogP contribution < -0.4 is 0 Å². The predicted octanol–water partition coefficient (Wildman–Crippen LogP) is 4.38. The second kappa shape index (κ2) is 6.05. The number of fused-ring (bicyclic) bond motifs is 2. The summed E-state index contributed by atoms with van der Waals surface area (Å²) >= 11 is 0. The van der Waals surface area contributed by atoms with E-state index in [1.807, 2.05) is 36.7 Å². The quantitative estimate of drug-likeness (QED) is 0.386. The van der Waals surface area contributed by atoms with E-state index in [4.69, 9.17) is 10.2 Å². The molecule has 0 saturated carbocycles. The molecule has 2 heterocycles. The van der Waals surface area contributed by atoms with Crippen LogP contribution in [-0.2, 0) is 0 Å². The Bertz CT molecular complexity index is 774. The summed E-state index contributed by atoms with van der Waals surface area (Å²) in [6.45, 7) is 0. The Labute approximate surface area is 122 Å². The fourth-order valence-electron chi connectivity index (χ4n) is 2.08. The first-order valence-corrected chi connectivity index (χ1v) is 6.24. The number of phenols is 2. The maximum absolute atomic E-state index is 9.03. The first-order chi connectivity index (χ1) is 9.72. The molecule has 4 aromatic rings. The van der Waals surface area contributed by atoms with Gasteiger partial charge in [0.05, 0.1) is 0 Å². The third kappa shape index (κ3) is 3.17. The molecule has 4 rings (SSSR count). The van der Waals surface area contributed by atoms with E-state index in [2.05, 4.69) is 9.97 Å². The van der Waals surface area contributed by atoms with Crippen molar-refractivity contribution in [2.75, 3.05) is 0 Å². The largest absolute Gasteiger partial charge is 0.508 e. The third-order valence-electron chi connectivity index (χ3n) is 3.08. The van der Waals surface area contributed by atoms with Crippen molar-refractivity contribution in [3.63, 3.8) is 0 Å². The summed E-state index contributed by atoms with van der Waals surface area (Å²) in [6, 6.07) is 14.4. The van der Waals surface area contributed by atoms with Gasteiger partial charge in [-0.25, -0.2) is 0 Å². The fourth-order valence-corrected chi connectivity index (χ4v) is 2.08. The van der Waals surface area contributed by atoms with Gasteiger partial charge >= 0.3 is 0 Å². The lowest BCUT2D eigenvalue weighted by atomic mass is 10.2. The smallest absolute Gasteiger partial charge is 0.117 e. The van der Waals surface area contributed by atoms with Crippen LogP contribution in [0.4, 0.5) is 0 Å². The van der Waals surface area contributed by atoms with Gasteiger partial charge in [0.25, 0.3) is 0 Å². The number of aromatic nitrogens is 2. The lowest BCUT2D eigenvalue weighted by Crippen LogP contribution is -1.65. The highest BCUT2D eigenvalue weighted by Gasteiger charge is 1.93. The first kappa shape index (κ1) is 14.5. The van der Waals surface area contributed by atoms with Gasteiger partial charge in [0.2, 0.25) is 0 Å². The molecule has 0 aliphatic heterocycles. The molecule has 0 aliphatic carbocycles. The molecule has 2 aromatic carbocycles. The number of phenolic OH excluding ortho intramolecular Hbond substituents is 2. The highest BCUT2D eigenvalue weighted by atomic mass is 16.3. The van der Waals surface area contributed by atoms with E-state index in [9.17, 15) is 0 Å². The minimum atomic E-state index is 0. The maximum Gasteiger partial charge on any atom is 0.117 e. The van der Waals surface area contributed by atoms with Gasteiger partial charge in [0, 0.05) is 34.9 Å². The normalized spacial score (nSPS) is 9.90. The average Bonchev–Trinajstić information content (AvgIpc) is 3.06. The lowest BCUT2D eigenvalue weighted by Gasteiger charge is -1.89. The zero-order valence-corrected chi connectivity index (χ0v) is 10.7. The van der Waals surface area contributed by atoms with Gasteiger partial charge in [-0.2, -0.15) is 0 Å². The summed E-state index contributed by atoms with van der Waals surface area (Å²) in [5, 5.41) is 20.2. The molecule has 4 nitrogen and oxygen atoms in total. The average molecular weight is 282 g/mol. The van der Waals surface area contributed by atoms with E-state index in [-0.39, 0.29) is 7.43 Å². The van der Waals surface area contributed by atoms with Gasteiger partial charge in [0.1, 0.15) is 11.5 Å². The van der Waals surface area contributed by atoms with Crippen LogP contribution in [0.15, 0.2) is 60.9 Å². The van der Waals surface area contributed by atoms with Crippen LogP contribution in [0.3, 0.4) is 0 Å². The molecular weight excluding hydrogens is 264 g/mol. The Morgan fingerprint density at radius 1 is 0.619 bits per heavy atom. The Morgan fingerprint density at radius 2 is 1.24 bits per heavy atom. The Hall–Kier alpha value is -2.88. The molecule has 0 bridgehead atoms. The number of H-pyrrole nitrogens is 2. The van der Waals surface area contributed by atoms with Crippen molar-refractivity contribution in [2.24, 2.45) is 0 Å². The Kier molecular flexibility index (Phi) is 4.18. The van der Waals surface area contributed by atoms with Gasteiger partial charge in [-0.15, -0.1) is 0 Å². The molecule has 0 spiro atoms. The lowest BCUT2D eigenvalue weighted by molar-refractivity contribution is 0.475. The van der Waals surface area contributed by atoms with E-state index in [0.29, 0.717) is 11.5 Å². The van der Waals surface area contributed by atoms with Gasteiger partial charge in [-0.05, 0) is 47.9 Å². The van der Waals surface area contributed by atoms with E-state index in [1.54, 1.807) is 24.3 Å². The molecule has 2 aromatic heterocycles. The molecule has 108 valence electrons. The summed E-state index contributed by atoms with van der Waals surface area (Å²) in [6.07, 6.45) is 3.70. The van der Waals surface area contributed by atoms with E-state index >= 15 is 0 Å². The summed E-state index contributed by atoms with van der Waals surface area (Å²) < 4.78 is 0. The number of hydrogen-bond donors (Lipinski definition) is 4. The molecule has 0 fully saturated rings. The van der Waals surface area contributed by atoms with E-state index in [1.165, 1.54) is 0 Å². The first-order valence-electron chi connectivity index (χ1n) is 6.24. The molecule has 0 radical (unpaired) electrons. The van der Waals surface area contributed by atoms with Crippen LogP contribution in [0.2, 0.25) is 0 Å². The summed E-state index contributed by atoms with van der Waals surface area (Å²) in [7, 11) is 0.